The van der Waals surface area contributed by atoms with Crippen LogP contribution in [0.1, 0.15) is 26.2 Å². The van der Waals surface area contributed by atoms with Crippen molar-refractivity contribution in [2.24, 2.45) is 0 Å². The lowest BCUT2D eigenvalue weighted by atomic mass is 10.1. The van der Waals surface area contributed by atoms with Gasteiger partial charge < -0.3 is 5.32 Å². The molecular weight excluding hydrogens is 273 g/mol. The molecule has 0 radical (unpaired) electrons. The molecule has 0 aliphatic heterocycles. The Hall–Kier alpha value is -0.450. The van der Waals surface area contributed by atoms with Gasteiger partial charge in [0.1, 0.15) is 5.82 Å². The monoisotopic (exact) mass is 291 g/mol. The molecule has 0 aromatic heterocycles. The van der Waals surface area contributed by atoms with Gasteiger partial charge in [-0.05, 0) is 44.5 Å². The molecule has 1 aromatic carbocycles. The van der Waals surface area contributed by atoms with Crippen molar-refractivity contribution in [3.05, 3.63) is 29.0 Å². The minimum Gasteiger partial charge on any atom is -0.317 e. The summed E-state index contributed by atoms with van der Waals surface area (Å²) in [5.74, 6) is 0.110. The summed E-state index contributed by atoms with van der Waals surface area (Å²) in [4.78, 5) is 0.596. The second-order valence-electron chi connectivity index (χ2n) is 4.16. The lowest BCUT2D eigenvalue weighted by Gasteiger charge is -2.12. The van der Waals surface area contributed by atoms with Crippen molar-refractivity contribution in [3.63, 3.8) is 0 Å². The third-order valence-electron chi connectivity index (χ3n) is 2.94. The largest absolute Gasteiger partial charge is 0.317 e. The zero-order valence-electron chi connectivity index (χ0n) is 10.7. The normalized spacial score (nSPS) is 14.4. The van der Waals surface area contributed by atoms with Crippen LogP contribution in [0.15, 0.2) is 23.1 Å². The number of halogens is 2. The van der Waals surface area contributed by atoms with Crippen molar-refractivity contribution in [1.82, 2.24) is 5.32 Å². The van der Waals surface area contributed by atoms with Crippen molar-refractivity contribution in [2.45, 2.75) is 37.1 Å². The van der Waals surface area contributed by atoms with Crippen LogP contribution in [0.3, 0.4) is 0 Å². The van der Waals surface area contributed by atoms with E-state index in [0.717, 1.165) is 19.3 Å². The Bertz CT molecular complexity index is 410. The van der Waals surface area contributed by atoms with Crippen molar-refractivity contribution in [1.29, 1.82) is 0 Å². The van der Waals surface area contributed by atoms with E-state index in [1.165, 1.54) is 18.2 Å². The first-order valence-electron chi connectivity index (χ1n) is 6.09. The first-order chi connectivity index (χ1) is 8.58. The molecule has 1 aromatic rings. The maximum Gasteiger partial charge on any atom is 0.141 e. The van der Waals surface area contributed by atoms with Crippen molar-refractivity contribution in [2.75, 3.05) is 12.8 Å². The molecule has 2 atom stereocenters. The molecule has 0 bridgehead atoms. The number of hydrogen-bond acceptors (Lipinski definition) is 2. The highest BCUT2D eigenvalue weighted by Crippen LogP contribution is 2.19. The van der Waals surface area contributed by atoms with E-state index in [4.69, 9.17) is 11.6 Å². The Morgan fingerprint density at radius 3 is 2.78 bits per heavy atom. The van der Waals surface area contributed by atoms with Crippen LogP contribution in [0.5, 0.6) is 0 Å². The molecule has 0 aliphatic carbocycles. The molecule has 0 saturated carbocycles. The predicted molar refractivity (Wildman–Crippen MR) is 75.1 cm³/mol. The zero-order chi connectivity index (χ0) is 13.5. The summed E-state index contributed by atoms with van der Waals surface area (Å²) >= 11 is 5.67. The molecule has 0 heterocycles. The standard InChI is InChI=1S/C13H19ClFNOS/c1-3-10(16-2)5-4-8-18(17)11-6-7-13(15)12(14)9-11/h6-7,9-10,16H,3-5,8H2,1-2H3. The Morgan fingerprint density at radius 1 is 1.50 bits per heavy atom. The topological polar surface area (TPSA) is 29.1 Å². The molecule has 2 unspecified atom stereocenters. The molecule has 0 aliphatic rings. The summed E-state index contributed by atoms with van der Waals surface area (Å²) in [5, 5.41) is 3.24. The van der Waals surface area contributed by atoms with E-state index in [0.29, 0.717) is 16.7 Å². The van der Waals surface area contributed by atoms with Gasteiger partial charge in [0, 0.05) is 16.7 Å². The lowest BCUT2D eigenvalue weighted by Crippen LogP contribution is -2.24. The Kier molecular flexibility index (Phi) is 6.82. The first kappa shape index (κ1) is 15.6. The van der Waals surface area contributed by atoms with E-state index >= 15 is 0 Å². The van der Waals surface area contributed by atoms with Gasteiger partial charge in [0.05, 0.1) is 15.8 Å². The maximum atomic E-state index is 13.0. The fraction of sp³-hybridized carbons (Fsp3) is 0.538. The van der Waals surface area contributed by atoms with Crippen LogP contribution in [0.4, 0.5) is 4.39 Å². The number of benzene rings is 1. The van der Waals surface area contributed by atoms with Crippen molar-refractivity contribution >= 4 is 22.4 Å². The average molecular weight is 292 g/mol. The van der Waals surface area contributed by atoms with Gasteiger partial charge in [-0.25, -0.2) is 4.39 Å². The van der Waals surface area contributed by atoms with Crippen LogP contribution in [0, 0.1) is 5.82 Å². The second kappa shape index (κ2) is 7.87. The van der Waals surface area contributed by atoms with Crippen molar-refractivity contribution in [3.8, 4) is 0 Å². The Morgan fingerprint density at radius 2 is 2.22 bits per heavy atom. The minimum absolute atomic E-state index is 0.0301. The minimum atomic E-state index is -1.10. The lowest BCUT2D eigenvalue weighted by molar-refractivity contribution is 0.503. The number of nitrogens with one attached hydrogen (secondary N) is 1. The maximum absolute atomic E-state index is 13.0. The first-order valence-corrected chi connectivity index (χ1v) is 7.78. The van der Waals surface area contributed by atoms with Crippen LogP contribution >= 0.6 is 11.6 Å². The average Bonchev–Trinajstić information content (AvgIpc) is 2.37. The highest BCUT2D eigenvalue weighted by molar-refractivity contribution is 7.85. The van der Waals surface area contributed by atoms with Gasteiger partial charge in [-0.1, -0.05) is 18.5 Å². The molecule has 0 saturated heterocycles. The van der Waals surface area contributed by atoms with Crippen LogP contribution in [0.25, 0.3) is 0 Å². The molecule has 0 amide bonds. The van der Waals surface area contributed by atoms with Crippen LogP contribution < -0.4 is 5.32 Å². The van der Waals surface area contributed by atoms with Gasteiger partial charge >= 0.3 is 0 Å². The summed E-state index contributed by atoms with van der Waals surface area (Å²) in [7, 11) is 0.834. The number of hydrogen-bond donors (Lipinski definition) is 1. The molecular formula is C13H19ClFNOS. The summed E-state index contributed by atoms with van der Waals surface area (Å²) in [6.07, 6.45) is 2.93. The van der Waals surface area contributed by atoms with Gasteiger partial charge in [0.15, 0.2) is 0 Å². The third kappa shape index (κ3) is 4.67. The smallest absolute Gasteiger partial charge is 0.141 e. The van der Waals surface area contributed by atoms with E-state index in [1.807, 2.05) is 7.05 Å². The van der Waals surface area contributed by atoms with E-state index < -0.39 is 16.6 Å². The molecule has 18 heavy (non-hydrogen) atoms. The van der Waals surface area contributed by atoms with Gasteiger partial charge in [-0.3, -0.25) is 4.21 Å². The van der Waals surface area contributed by atoms with E-state index in [9.17, 15) is 8.60 Å². The van der Waals surface area contributed by atoms with Crippen LogP contribution in [-0.2, 0) is 10.8 Å². The molecule has 0 fully saturated rings. The molecule has 102 valence electrons. The predicted octanol–water partition coefficient (Wildman–Crippen LogP) is 3.36. The van der Waals surface area contributed by atoms with Gasteiger partial charge in [-0.2, -0.15) is 0 Å². The van der Waals surface area contributed by atoms with Gasteiger partial charge in [0.25, 0.3) is 0 Å². The SMILES string of the molecule is CCC(CCCS(=O)c1ccc(F)c(Cl)c1)NC. The highest BCUT2D eigenvalue weighted by Gasteiger charge is 2.09. The Labute approximate surface area is 115 Å². The highest BCUT2D eigenvalue weighted by atomic mass is 35.5. The second-order valence-corrected chi connectivity index (χ2v) is 6.14. The summed E-state index contributed by atoms with van der Waals surface area (Å²) in [6, 6.07) is 4.71. The fourth-order valence-electron chi connectivity index (χ4n) is 1.75. The molecule has 1 N–H and O–H groups in total. The molecule has 2 nitrogen and oxygen atoms in total. The summed E-state index contributed by atoms with van der Waals surface area (Å²) < 4.78 is 24.9. The number of rotatable bonds is 7. The summed E-state index contributed by atoms with van der Waals surface area (Å²) in [6.45, 7) is 2.12. The quantitative estimate of drug-likeness (QED) is 0.834. The van der Waals surface area contributed by atoms with Crippen molar-refractivity contribution < 1.29 is 8.60 Å². The molecule has 5 heteroatoms. The van der Waals surface area contributed by atoms with E-state index in [-0.39, 0.29) is 5.02 Å². The van der Waals surface area contributed by atoms with Crippen LogP contribution in [-0.4, -0.2) is 23.1 Å². The molecule has 1 rings (SSSR count). The van der Waals surface area contributed by atoms with E-state index in [1.54, 1.807) is 0 Å². The summed E-state index contributed by atoms with van der Waals surface area (Å²) in [5.41, 5.74) is 0. The third-order valence-corrected chi connectivity index (χ3v) is 4.67. The van der Waals surface area contributed by atoms with Gasteiger partial charge in [0.2, 0.25) is 0 Å². The van der Waals surface area contributed by atoms with Gasteiger partial charge in [-0.15, -0.1) is 0 Å². The fourth-order valence-corrected chi connectivity index (χ4v) is 3.13. The zero-order valence-corrected chi connectivity index (χ0v) is 12.3. The Balaban J connectivity index is 2.48. The van der Waals surface area contributed by atoms with Crippen LogP contribution in [0.2, 0.25) is 5.02 Å². The van der Waals surface area contributed by atoms with E-state index in [2.05, 4.69) is 12.2 Å². The molecule has 0 spiro atoms.